The summed E-state index contributed by atoms with van der Waals surface area (Å²) >= 11 is 7.75. The summed E-state index contributed by atoms with van der Waals surface area (Å²) in [6.45, 7) is 11.5. The van der Waals surface area contributed by atoms with Crippen LogP contribution in [0.4, 0.5) is 5.13 Å². The molecule has 208 valence electrons. The molecule has 0 radical (unpaired) electrons. The molecular formula is C28H34ClN5O3S2. The number of hydrogen-bond donors (Lipinski definition) is 0. The third-order valence-electron chi connectivity index (χ3n) is 6.54. The zero-order valence-electron chi connectivity index (χ0n) is 22.9. The number of nitrogens with zero attached hydrogens (tertiary/aromatic N) is 5. The van der Waals surface area contributed by atoms with Gasteiger partial charge in [0, 0.05) is 35.9 Å². The fourth-order valence-corrected chi connectivity index (χ4v) is 7.34. The minimum atomic E-state index is -3.64. The summed E-state index contributed by atoms with van der Waals surface area (Å²) in [5.41, 5.74) is 3.92. The van der Waals surface area contributed by atoms with E-state index in [1.165, 1.54) is 27.8 Å². The van der Waals surface area contributed by atoms with Gasteiger partial charge in [0.2, 0.25) is 10.0 Å². The minimum absolute atomic E-state index is 0.181. The molecule has 4 rings (SSSR count). The minimum Gasteiger partial charge on any atom is -0.282 e. The van der Waals surface area contributed by atoms with Crippen molar-refractivity contribution in [2.24, 2.45) is 0 Å². The van der Waals surface area contributed by atoms with Crippen LogP contribution >= 0.6 is 22.9 Å². The lowest BCUT2D eigenvalue weighted by Crippen LogP contribution is -2.34. The molecule has 0 aliphatic rings. The second-order valence-corrected chi connectivity index (χ2v) is 12.9. The van der Waals surface area contributed by atoms with Gasteiger partial charge in [0.1, 0.15) is 0 Å². The molecule has 1 amide bonds. The fraction of sp³-hybridized carbons (Fsp3) is 0.393. The smallest absolute Gasteiger partial charge is 0.260 e. The van der Waals surface area contributed by atoms with Gasteiger partial charge in [-0.25, -0.2) is 13.4 Å². The normalized spacial score (nSPS) is 12.0. The first-order valence-corrected chi connectivity index (χ1v) is 15.7. The van der Waals surface area contributed by atoms with Crippen molar-refractivity contribution in [1.82, 2.24) is 19.1 Å². The van der Waals surface area contributed by atoms with E-state index in [1.807, 2.05) is 57.5 Å². The second-order valence-electron chi connectivity index (χ2n) is 9.55. The van der Waals surface area contributed by atoms with Crippen LogP contribution in [0.1, 0.15) is 54.0 Å². The van der Waals surface area contributed by atoms with E-state index < -0.39 is 10.0 Å². The molecule has 0 spiro atoms. The lowest BCUT2D eigenvalue weighted by molar-refractivity contribution is 0.0985. The Morgan fingerprint density at radius 1 is 1.00 bits per heavy atom. The molecular weight excluding hydrogens is 554 g/mol. The number of anilines is 1. The van der Waals surface area contributed by atoms with Crippen LogP contribution in [0.2, 0.25) is 5.02 Å². The first-order chi connectivity index (χ1) is 18.6. The van der Waals surface area contributed by atoms with E-state index in [4.69, 9.17) is 16.6 Å². The van der Waals surface area contributed by atoms with Crippen molar-refractivity contribution < 1.29 is 13.2 Å². The Hall–Kier alpha value is -2.79. The number of amides is 1. The summed E-state index contributed by atoms with van der Waals surface area (Å²) in [5, 5.41) is 5.71. The molecule has 11 heteroatoms. The van der Waals surface area contributed by atoms with Crippen molar-refractivity contribution >= 4 is 54.2 Å². The molecule has 0 bridgehead atoms. The van der Waals surface area contributed by atoms with Gasteiger partial charge in [-0.05, 0) is 81.6 Å². The molecule has 2 heterocycles. The molecule has 0 N–H and O–H groups in total. The van der Waals surface area contributed by atoms with E-state index in [2.05, 4.69) is 5.10 Å². The van der Waals surface area contributed by atoms with Gasteiger partial charge < -0.3 is 0 Å². The highest BCUT2D eigenvalue weighted by Crippen LogP contribution is 2.34. The molecule has 0 fully saturated rings. The largest absolute Gasteiger partial charge is 0.282 e. The lowest BCUT2D eigenvalue weighted by atomic mass is 10.2. The second kappa shape index (κ2) is 12.2. The predicted molar refractivity (Wildman–Crippen MR) is 159 cm³/mol. The predicted octanol–water partition coefficient (Wildman–Crippen LogP) is 6.23. The average Bonchev–Trinajstić information content (AvgIpc) is 3.48. The number of aromatic nitrogens is 3. The standard InChI is InChI=1S/C28H34ClN5O3S2/c1-6-14-32(15-7-2)39(36,37)23-10-8-22(9-11-23)27(35)33(16-17-34-20(4)18-19(3)31-34)28-30-26-21(5)24(29)12-13-25(26)38-28/h8-13,18H,6-7,14-17H2,1-5H3. The molecule has 2 aromatic carbocycles. The molecule has 0 unspecified atom stereocenters. The highest BCUT2D eigenvalue weighted by Gasteiger charge is 2.26. The Morgan fingerprint density at radius 3 is 2.26 bits per heavy atom. The average molecular weight is 588 g/mol. The lowest BCUT2D eigenvalue weighted by Gasteiger charge is -2.22. The van der Waals surface area contributed by atoms with Crippen molar-refractivity contribution in [3.8, 4) is 0 Å². The van der Waals surface area contributed by atoms with Crippen LogP contribution in [0, 0.1) is 20.8 Å². The maximum Gasteiger partial charge on any atom is 0.260 e. The number of thiazole rings is 1. The number of fused-ring (bicyclic) bond motifs is 1. The van der Waals surface area contributed by atoms with Gasteiger partial charge >= 0.3 is 0 Å². The maximum atomic E-state index is 13.9. The fourth-order valence-electron chi connectivity index (χ4n) is 4.51. The highest BCUT2D eigenvalue weighted by atomic mass is 35.5. The number of sulfonamides is 1. The number of rotatable bonds is 11. The van der Waals surface area contributed by atoms with Crippen LogP contribution in [0.5, 0.6) is 0 Å². The molecule has 0 saturated heterocycles. The SMILES string of the molecule is CCCN(CCC)S(=O)(=O)c1ccc(C(=O)N(CCn2nc(C)cc2C)c2nc3c(C)c(Cl)ccc3s2)cc1. The third-order valence-corrected chi connectivity index (χ3v) is 9.90. The zero-order chi connectivity index (χ0) is 28.3. The Kier molecular flexibility index (Phi) is 9.10. The van der Waals surface area contributed by atoms with Crippen LogP contribution in [0.25, 0.3) is 10.2 Å². The summed E-state index contributed by atoms with van der Waals surface area (Å²) in [7, 11) is -3.64. The van der Waals surface area contributed by atoms with Gasteiger partial charge in [-0.1, -0.05) is 36.8 Å². The van der Waals surface area contributed by atoms with Crippen molar-refractivity contribution in [2.45, 2.75) is 58.9 Å². The molecule has 2 aromatic heterocycles. The van der Waals surface area contributed by atoms with E-state index in [0.717, 1.165) is 40.0 Å². The molecule has 0 aliphatic carbocycles. The summed E-state index contributed by atoms with van der Waals surface area (Å²) in [5.74, 6) is -0.262. The molecule has 0 atom stereocenters. The van der Waals surface area contributed by atoms with E-state index in [-0.39, 0.29) is 10.8 Å². The van der Waals surface area contributed by atoms with Gasteiger partial charge in [0.15, 0.2) is 5.13 Å². The quantitative estimate of drug-likeness (QED) is 0.208. The number of carbonyl (C=O) groups excluding carboxylic acids is 1. The third kappa shape index (κ3) is 6.19. The number of carbonyl (C=O) groups is 1. The summed E-state index contributed by atoms with van der Waals surface area (Å²) in [6, 6.07) is 11.9. The maximum absolute atomic E-state index is 13.9. The molecule has 39 heavy (non-hydrogen) atoms. The Balaban J connectivity index is 1.68. The summed E-state index contributed by atoms with van der Waals surface area (Å²) < 4.78 is 30.7. The van der Waals surface area contributed by atoms with Crippen molar-refractivity contribution in [1.29, 1.82) is 0 Å². The van der Waals surface area contributed by atoms with E-state index >= 15 is 0 Å². The first kappa shape index (κ1) is 29.2. The molecule has 0 aliphatic heterocycles. The van der Waals surface area contributed by atoms with Gasteiger partial charge in [-0.2, -0.15) is 9.40 Å². The Morgan fingerprint density at radius 2 is 1.67 bits per heavy atom. The van der Waals surface area contributed by atoms with Crippen LogP contribution in [0.15, 0.2) is 47.4 Å². The first-order valence-electron chi connectivity index (χ1n) is 13.1. The van der Waals surface area contributed by atoms with Crippen molar-refractivity contribution in [3.63, 3.8) is 0 Å². The highest BCUT2D eigenvalue weighted by molar-refractivity contribution is 7.89. The van der Waals surface area contributed by atoms with Crippen molar-refractivity contribution in [2.75, 3.05) is 24.5 Å². The van der Waals surface area contributed by atoms with Crippen LogP contribution < -0.4 is 4.90 Å². The van der Waals surface area contributed by atoms with Crippen molar-refractivity contribution in [3.05, 3.63) is 70.0 Å². The summed E-state index contributed by atoms with van der Waals surface area (Å²) in [4.78, 5) is 20.5. The monoisotopic (exact) mass is 587 g/mol. The van der Waals surface area contributed by atoms with Gasteiger partial charge in [0.05, 0.1) is 27.4 Å². The Bertz CT molecular complexity index is 1570. The topological polar surface area (TPSA) is 88.4 Å². The molecule has 4 aromatic rings. The summed E-state index contributed by atoms with van der Waals surface area (Å²) in [6.07, 6.45) is 1.46. The van der Waals surface area contributed by atoms with E-state index in [9.17, 15) is 13.2 Å². The van der Waals surface area contributed by atoms with Gasteiger partial charge in [-0.15, -0.1) is 0 Å². The zero-order valence-corrected chi connectivity index (χ0v) is 25.3. The molecule has 8 nitrogen and oxygen atoms in total. The van der Waals surface area contributed by atoms with Crippen LogP contribution in [0.3, 0.4) is 0 Å². The number of halogens is 1. The van der Waals surface area contributed by atoms with Gasteiger partial charge in [0.25, 0.3) is 5.91 Å². The Labute approximate surface area is 239 Å². The van der Waals surface area contributed by atoms with Gasteiger partial charge in [-0.3, -0.25) is 14.4 Å². The number of benzene rings is 2. The number of hydrogen-bond acceptors (Lipinski definition) is 6. The molecule has 0 saturated carbocycles. The van der Waals surface area contributed by atoms with E-state index in [0.29, 0.717) is 41.9 Å². The van der Waals surface area contributed by atoms with E-state index in [1.54, 1.807) is 17.0 Å². The van der Waals surface area contributed by atoms with Crippen LogP contribution in [-0.4, -0.2) is 53.0 Å². The van der Waals surface area contributed by atoms with Crippen LogP contribution in [-0.2, 0) is 16.6 Å². The number of aryl methyl sites for hydroxylation is 3.